The number of aromatic nitrogens is 2. The first-order valence-corrected chi connectivity index (χ1v) is 9.47. The number of ether oxygens (including phenoxy) is 1. The van der Waals surface area contributed by atoms with Gasteiger partial charge in [0.25, 0.3) is 11.5 Å². The highest BCUT2D eigenvalue weighted by Crippen LogP contribution is 2.20. The SMILES string of the molecule is CCCCn1c(N)c(N(CC)C(=O)[C@H](C)Oc2cccc(C)c2)c(=O)[nH]c1=O. The maximum Gasteiger partial charge on any atom is 0.330 e. The molecule has 1 amide bonds. The first kappa shape index (κ1) is 21.3. The van der Waals surface area contributed by atoms with Crippen LogP contribution in [0.25, 0.3) is 0 Å². The molecule has 0 fully saturated rings. The van der Waals surface area contributed by atoms with Crippen LogP contribution in [0.1, 0.15) is 39.2 Å². The summed E-state index contributed by atoms with van der Waals surface area (Å²) in [6, 6.07) is 7.36. The number of aryl methyl sites for hydroxylation is 1. The van der Waals surface area contributed by atoms with Gasteiger partial charge in [-0.2, -0.15) is 0 Å². The third kappa shape index (κ3) is 4.62. The summed E-state index contributed by atoms with van der Waals surface area (Å²) in [6.07, 6.45) is 0.747. The Hall–Kier alpha value is -3.03. The maximum absolute atomic E-state index is 13.0. The number of nitrogens with one attached hydrogen (secondary N) is 1. The average molecular weight is 388 g/mol. The molecule has 1 atom stereocenters. The number of carbonyl (C=O) groups excluding carboxylic acids is 1. The molecular weight excluding hydrogens is 360 g/mol. The van der Waals surface area contributed by atoms with Crippen LogP contribution in [0.3, 0.4) is 0 Å². The summed E-state index contributed by atoms with van der Waals surface area (Å²) in [6.45, 7) is 7.84. The molecule has 152 valence electrons. The van der Waals surface area contributed by atoms with E-state index in [9.17, 15) is 14.4 Å². The quantitative estimate of drug-likeness (QED) is 0.719. The van der Waals surface area contributed by atoms with E-state index in [4.69, 9.17) is 10.5 Å². The van der Waals surface area contributed by atoms with Crippen molar-refractivity contribution < 1.29 is 9.53 Å². The summed E-state index contributed by atoms with van der Waals surface area (Å²) in [5, 5.41) is 0. The number of amides is 1. The molecule has 28 heavy (non-hydrogen) atoms. The maximum atomic E-state index is 13.0. The smallest absolute Gasteiger partial charge is 0.330 e. The Bertz CT molecular complexity index is 948. The molecule has 1 aromatic heterocycles. The van der Waals surface area contributed by atoms with Gasteiger partial charge in [-0.1, -0.05) is 25.5 Å². The summed E-state index contributed by atoms with van der Waals surface area (Å²) in [4.78, 5) is 41.0. The molecule has 0 radical (unpaired) electrons. The van der Waals surface area contributed by atoms with E-state index >= 15 is 0 Å². The molecule has 8 heteroatoms. The fraction of sp³-hybridized carbons (Fsp3) is 0.450. The van der Waals surface area contributed by atoms with E-state index < -0.39 is 23.3 Å². The van der Waals surface area contributed by atoms with Gasteiger partial charge < -0.3 is 15.4 Å². The lowest BCUT2D eigenvalue weighted by Gasteiger charge is -2.26. The molecule has 2 rings (SSSR count). The average Bonchev–Trinajstić information content (AvgIpc) is 2.64. The van der Waals surface area contributed by atoms with Gasteiger partial charge in [-0.3, -0.25) is 19.1 Å². The van der Waals surface area contributed by atoms with Gasteiger partial charge in [-0.15, -0.1) is 0 Å². The minimum Gasteiger partial charge on any atom is -0.481 e. The largest absolute Gasteiger partial charge is 0.481 e. The van der Waals surface area contributed by atoms with Crippen molar-refractivity contribution in [3.8, 4) is 5.75 Å². The highest BCUT2D eigenvalue weighted by Gasteiger charge is 2.27. The first-order valence-electron chi connectivity index (χ1n) is 9.47. The second-order valence-electron chi connectivity index (χ2n) is 6.66. The Kier molecular flexibility index (Phi) is 7.03. The van der Waals surface area contributed by atoms with Gasteiger partial charge in [0.2, 0.25) is 0 Å². The van der Waals surface area contributed by atoms with Crippen LogP contribution in [-0.4, -0.2) is 28.1 Å². The van der Waals surface area contributed by atoms with Crippen molar-refractivity contribution in [1.82, 2.24) is 9.55 Å². The molecular formula is C20H28N4O4. The number of hydrogen-bond acceptors (Lipinski definition) is 5. The van der Waals surface area contributed by atoms with E-state index in [1.54, 1.807) is 19.9 Å². The topological polar surface area (TPSA) is 110 Å². The van der Waals surface area contributed by atoms with Gasteiger partial charge in [-0.05, 0) is 44.9 Å². The van der Waals surface area contributed by atoms with Gasteiger partial charge in [0.05, 0.1) is 0 Å². The number of likely N-dealkylation sites (N-methyl/N-ethyl adjacent to an activating group) is 1. The number of hydrogen-bond donors (Lipinski definition) is 2. The fourth-order valence-electron chi connectivity index (χ4n) is 2.96. The monoisotopic (exact) mass is 388 g/mol. The van der Waals surface area contributed by atoms with E-state index in [1.807, 2.05) is 32.0 Å². The third-order valence-corrected chi connectivity index (χ3v) is 4.45. The Balaban J connectivity index is 2.37. The molecule has 3 N–H and O–H groups in total. The summed E-state index contributed by atoms with van der Waals surface area (Å²) >= 11 is 0. The zero-order chi connectivity index (χ0) is 20.8. The predicted octanol–water partition coefficient (Wildman–Crippen LogP) is 2.05. The highest BCUT2D eigenvalue weighted by molar-refractivity contribution is 5.98. The second kappa shape index (κ2) is 9.25. The molecule has 0 saturated heterocycles. The fourth-order valence-corrected chi connectivity index (χ4v) is 2.96. The summed E-state index contributed by atoms with van der Waals surface area (Å²) in [5.41, 5.74) is 5.84. The molecule has 0 unspecified atom stereocenters. The molecule has 0 aliphatic heterocycles. The number of carbonyl (C=O) groups is 1. The first-order chi connectivity index (χ1) is 13.3. The predicted molar refractivity (Wildman–Crippen MR) is 110 cm³/mol. The number of unbranched alkanes of at least 4 members (excludes halogenated alkanes) is 1. The molecule has 1 heterocycles. The van der Waals surface area contributed by atoms with E-state index in [0.717, 1.165) is 18.4 Å². The molecule has 0 bridgehead atoms. The van der Waals surface area contributed by atoms with Crippen molar-refractivity contribution in [3.63, 3.8) is 0 Å². The lowest BCUT2D eigenvalue weighted by Crippen LogP contribution is -2.45. The van der Waals surface area contributed by atoms with Crippen molar-refractivity contribution in [2.75, 3.05) is 17.2 Å². The molecule has 8 nitrogen and oxygen atoms in total. The van der Waals surface area contributed by atoms with Crippen molar-refractivity contribution in [1.29, 1.82) is 0 Å². The van der Waals surface area contributed by atoms with E-state index in [0.29, 0.717) is 12.3 Å². The van der Waals surface area contributed by atoms with Crippen molar-refractivity contribution in [2.45, 2.75) is 53.2 Å². The number of benzene rings is 1. The van der Waals surface area contributed by atoms with Crippen LogP contribution >= 0.6 is 0 Å². The van der Waals surface area contributed by atoms with Gasteiger partial charge in [0.15, 0.2) is 11.8 Å². The number of nitrogens with two attached hydrogens (primary N) is 1. The number of nitrogens with zero attached hydrogens (tertiary/aromatic N) is 2. The number of anilines is 2. The van der Waals surface area contributed by atoms with E-state index in [2.05, 4.69) is 4.98 Å². The number of H-pyrrole nitrogens is 1. The van der Waals surface area contributed by atoms with E-state index in [-0.39, 0.29) is 18.1 Å². The summed E-state index contributed by atoms with van der Waals surface area (Å²) in [5.74, 6) is 0.133. The van der Waals surface area contributed by atoms with Gasteiger partial charge >= 0.3 is 5.69 Å². The molecule has 1 aromatic carbocycles. The van der Waals surface area contributed by atoms with Crippen LogP contribution in [-0.2, 0) is 11.3 Å². The second-order valence-corrected chi connectivity index (χ2v) is 6.66. The Morgan fingerprint density at radius 1 is 1.32 bits per heavy atom. The van der Waals surface area contributed by atoms with Gasteiger partial charge in [0, 0.05) is 13.1 Å². The zero-order valence-electron chi connectivity index (χ0n) is 16.8. The minimum absolute atomic E-state index is 0.0137. The molecule has 0 aliphatic carbocycles. The Labute approximate surface area is 163 Å². The standard InChI is InChI=1S/C20H28N4O4/c1-5-7-11-24-17(21)16(18(25)22-20(24)27)23(6-2)19(26)14(4)28-15-10-8-9-13(3)12-15/h8-10,12,14H,5-7,11,21H2,1-4H3,(H,22,25,27)/t14-/m0/s1. The Morgan fingerprint density at radius 3 is 2.64 bits per heavy atom. The van der Waals surface area contributed by atoms with Crippen LogP contribution < -0.4 is 26.6 Å². The normalized spacial score (nSPS) is 11.9. The van der Waals surface area contributed by atoms with Crippen LogP contribution in [0.4, 0.5) is 11.5 Å². The Morgan fingerprint density at radius 2 is 2.04 bits per heavy atom. The van der Waals surface area contributed by atoms with Crippen molar-refractivity contribution in [2.24, 2.45) is 0 Å². The van der Waals surface area contributed by atoms with Crippen LogP contribution in [0, 0.1) is 6.92 Å². The number of nitrogen functional groups attached to an aromatic ring is 1. The lowest BCUT2D eigenvalue weighted by molar-refractivity contribution is -0.124. The lowest BCUT2D eigenvalue weighted by atomic mass is 10.2. The molecule has 0 aliphatic rings. The number of rotatable bonds is 8. The summed E-state index contributed by atoms with van der Waals surface area (Å²) < 4.78 is 7.04. The number of aromatic amines is 1. The van der Waals surface area contributed by atoms with Gasteiger partial charge in [0.1, 0.15) is 11.6 Å². The molecule has 0 saturated carbocycles. The minimum atomic E-state index is -0.837. The summed E-state index contributed by atoms with van der Waals surface area (Å²) in [7, 11) is 0. The van der Waals surface area contributed by atoms with Crippen LogP contribution in [0.15, 0.2) is 33.9 Å². The molecule has 0 spiro atoms. The van der Waals surface area contributed by atoms with Gasteiger partial charge in [-0.25, -0.2) is 4.79 Å². The highest BCUT2D eigenvalue weighted by atomic mass is 16.5. The van der Waals surface area contributed by atoms with Crippen molar-refractivity contribution >= 4 is 17.4 Å². The van der Waals surface area contributed by atoms with Crippen LogP contribution in [0.5, 0.6) is 5.75 Å². The third-order valence-electron chi connectivity index (χ3n) is 4.45. The molecule has 2 aromatic rings. The van der Waals surface area contributed by atoms with E-state index in [1.165, 1.54) is 9.47 Å². The van der Waals surface area contributed by atoms with Crippen LogP contribution in [0.2, 0.25) is 0 Å². The van der Waals surface area contributed by atoms with Crippen molar-refractivity contribution in [3.05, 3.63) is 50.7 Å². The zero-order valence-corrected chi connectivity index (χ0v) is 16.8.